The number of fused-ring (bicyclic) bond motifs is 1. The average Bonchev–Trinajstić information content (AvgIpc) is 2.65. The summed E-state index contributed by atoms with van der Waals surface area (Å²) in [5.41, 5.74) is 4.80. The number of rotatable bonds is 6. The Morgan fingerprint density at radius 3 is 2.59 bits per heavy atom. The van der Waals surface area contributed by atoms with Crippen LogP contribution in [0.25, 0.3) is 10.9 Å². The Balaban J connectivity index is 1.64. The number of nitrogens with one attached hydrogen (secondary N) is 1. The number of nitrogens with zero attached hydrogens (tertiary/aromatic N) is 2. The molecule has 1 aromatic carbocycles. The van der Waals surface area contributed by atoms with E-state index < -0.39 is 0 Å². The first-order valence-corrected chi connectivity index (χ1v) is 9.20. The lowest BCUT2D eigenvalue weighted by Crippen LogP contribution is -2.29. The van der Waals surface area contributed by atoms with Gasteiger partial charge in [0.25, 0.3) is 5.56 Å². The molecule has 2 heterocycles. The normalized spacial score (nSPS) is 10.9. The molecule has 0 aliphatic rings. The Morgan fingerprint density at radius 1 is 1.11 bits per heavy atom. The maximum Gasteiger partial charge on any atom is 0.251 e. The van der Waals surface area contributed by atoms with Gasteiger partial charge < -0.3 is 9.88 Å². The molecule has 5 nitrogen and oxygen atoms in total. The number of aromatic amines is 1. The number of carbonyl (C=O) groups is 1. The Labute approximate surface area is 159 Å². The van der Waals surface area contributed by atoms with E-state index in [1.165, 1.54) is 0 Å². The average molecular weight is 363 g/mol. The summed E-state index contributed by atoms with van der Waals surface area (Å²) in [7, 11) is 1.81. The van der Waals surface area contributed by atoms with Crippen molar-refractivity contribution < 1.29 is 4.79 Å². The van der Waals surface area contributed by atoms with Crippen LogP contribution < -0.4 is 5.56 Å². The van der Waals surface area contributed by atoms with Gasteiger partial charge in [-0.15, -0.1) is 0 Å². The van der Waals surface area contributed by atoms with Crippen molar-refractivity contribution >= 4 is 16.8 Å². The minimum absolute atomic E-state index is 0.0455. The second-order valence-electron chi connectivity index (χ2n) is 7.09. The van der Waals surface area contributed by atoms with Crippen molar-refractivity contribution in [3.8, 4) is 0 Å². The molecule has 1 amide bonds. The molecule has 140 valence electrons. The predicted octanol–water partition coefficient (Wildman–Crippen LogP) is 3.17. The van der Waals surface area contributed by atoms with Gasteiger partial charge in [0.05, 0.1) is 0 Å². The van der Waals surface area contributed by atoms with Crippen LogP contribution >= 0.6 is 0 Å². The van der Waals surface area contributed by atoms with Crippen LogP contribution in [0.5, 0.6) is 0 Å². The largest absolute Gasteiger partial charge is 0.345 e. The zero-order valence-corrected chi connectivity index (χ0v) is 16.1. The minimum atomic E-state index is -0.111. The van der Waals surface area contributed by atoms with E-state index in [1.54, 1.807) is 24.3 Å². The first-order chi connectivity index (χ1) is 12.9. The number of H-pyrrole nitrogens is 1. The molecule has 0 spiro atoms. The molecule has 5 heteroatoms. The van der Waals surface area contributed by atoms with Crippen molar-refractivity contribution in [1.29, 1.82) is 0 Å². The molecule has 0 unspecified atom stereocenters. The highest BCUT2D eigenvalue weighted by atomic mass is 16.2. The van der Waals surface area contributed by atoms with Gasteiger partial charge in [-0.3, -0.25) is 14.6 Å². The summed E-state index contributed by atoms with van der Waals surface area (Å²) in [6.45, 7) is 4.70. The molecule has 1 N–H and O–H groups in total. The molecule has 3 aromatic rings. The fourth-order valence-electron chi connectivity index (χ4n) is 3.31. The van der Waals surface area contributed by atoms with Gasteiger partial charge in [-0.05, 0) is 67.6 Å². The van der Waals surface area contributed by atoms with Gasteiger partial charge >= 0.3 is 0 Å². The monoisotopic (exact) mass is 363 g/mol. The van der Waals surface area contributed by atoms with Crippen molar-refractivity contribution in [2.24, 2.45) is 0 Å². The summed E-state index contributed by atoms with van der Waals surface area (Å²) < 4.78 is 0. The highest BCUT2D eigenvalue weighted by molar-refractivity contribution is 5.83. The van der Waals surface area contributed by atoms with Crippen molar-refractivity contribution in [3.05, 3.63) is 75.3 Å². The molecule has 0 saturated carbocycles. The van der Waals surface area contributed by atoms with Crippen LogP contribution in [0.15, 0.2) is 47.5 Å². The lowest BCUT2D eigenvalue weighted by molar-refractivity contribution is -0.129. The number of amides is 1. The number of aromatic nitrogens is 2. The van der Waals surface area contributed by atoms with Gasteiger partial charge in [0.1, 0.15) is 0 Å². The number of hydrogen-bond acceptors (Lipinski definition) is 3. The molecule has 2 aromatic heterocycles. The van der Waals surface area contributed by atoms with Crippen molar-refractivity contribution in [3.63, 3.8) is 0 Å². The molecule has 0 radical (unpaired) electrons. The summed E-state index contributed by atoms with van der Waals surface area (Å²) in [6, 6.07) is 9.91. The van der Waals surface area contributed by atoms with Crippen molar-refractivity contribution in [1.82, 2.24) is 14.9 Å². The van der Waals surface area contributed by atoms with E-state index in [-0.39, 0.29) is 11.5 Å². The lowest BCUT2D eigenvalue weighted by atomic mass is 10.0. The smallest absolute Gasteiger partial charge is 0.251 e. The quantitative estimate of drug-likeness (QED) is 0.731. The van der Waals surface area contributed by atoms with E-state index in [4.69, 9.17) is 0 Å². The zero-order chi connectivity index (χ0) is 19.4. The number of pyridine rings is 2. The van der Waals surface area contributed by atoms with Crippen LogP contribution in [0, 0.1) is 13.8 Å². The Kier molecular flexibility index (Phi) is 5.69. The molecule has 27 heavy (non-hydrogen) atoms. The van der Waals surface area contributed by atoms with Crippen LogP contribution in [0.2, 0.25) is 0 Å². The molecule has 0 saturated heterocycles. The van der Waals surface area contributed by atoms with Gasteiger partial charge in [-0.25, -0.2) is 0 Å². The molecule has 0 bridgehead atoms. The van der Waals surface area contributed by atoms with Crippen LogP contribution in [0.1, 0.15) is 28.7 Å². The maximum atomic E-state index is 12.4. The molecular formula is C22H25N3O2. The van der Waals surface area contributed by atoms with Crippen LogP contribution in [-0.2, 0) is 17.6 Å². The van der Waals surface area contributed by atoms with E-state index >= 15 is 0 Å². The molecule has 0 fully saturated rings. The summed E-state index contributed by atoms with van der Waals surface area (Å²) in [5.74, 6) is 0.0455. The Bertz CT molecular complexity index is 1010. The molecule has 3 rings (SSSR count). The standard InChI is InChI=1S/C22H25N3O2/c1-15-12-16(2)19-14-18(22(27)24-20(19)13-15)4-5-21(26)25(3)11-8-17-6-9-23-10-7-17/h6-7,9-10,12-14H,4-5,8,11H2,1-3H3,(H,24,27). The van der Waals surface area contributed by atoms with E-state index in [1.807, 2.05) is 38.1 Å². The van der Waals surface area contributed by atoms with Gasteiger partial charge in [0, 0.05) is 48.9 Å². The van der Waals surface area contributed by atoms with Gasteiger partial charge in [-0.2, -0.15) is 0 Å². The molecule has 0 aliphatic heterocycles. The topological polar surface area (TPSA) is 66.1 Å². The van der Waals surface area contributed by atoms with Crippen LogP contribution in [0.4, 0.5) is 0 Å². The SMILES string of the molecule is Cc1cc(C)c2cc(CCC(=O)N(C)CCc3ccncc3)c(=O)[nH]c2c1. The van der Waals surface area contributed by atoms with Crippen molar-refractivity contribution in [2.75, 3.05) is 13.6 Å². The van der Waals surface area contributed by atoms with Crippen molar-refractivity contribution in [2.45, 2.75) is 33.1 Å². The highest BCUT2D eigenvalue weighted by Crippen LogP contribution is 2.19. The number of carbonyl (C=O) groups excluding carboxylic acids is 1. The fourth-order valence-corrected chi connectivity index (χ4v) is 3.31. The highest BCUT2D eigenvalue weighted by Gasteiger charge is 2.12. The van der Waals surface area contributed by atoms with Gasteiger partial charge in [0.15, 0.2) is 0 Å². The number of benzene rings is 1. The summed E-state index contributed by atoms with van der Waals surface area (Å²) in [5, 5.41) is 1.04. The van der Waals surface area contributed by atoms with Crippen LogP contribution in [0.3, 0.4) is 0 Å². The van der Waals surface area contributed by atoms with E-state index in [0.29, 0.717) is 24.9 Å². The Morgan fingerprint density at radius 2 is 1.85 bits per heavy atom. The van der Waals surface area contributed by atoms with E-state index in [9.17, 15) is 9.59 Å². The molecule has 0 aliphatic carbocycles. The first-order valence-electron chi connectivity index (χ1n) is 9.20. The lowest BCUT2D eigenvalue weighted by Gasteiger charge is -2.17. The maximum absolute atomic E-state index is 12.4. The third-order valence-electron chi connectivity index (χ3n) is 4.91. The minimum Gasteiger partial charge on any atom is -0.345 e. The van der Waals surface area contributed by atoms with Crippen LogP contribution in [-0.4, -0.2) is 34.4 Å². The van der Waals surface area contributed by atoms with Gasteiger partial charge in [0.2, 0.25) is 5.91 Å². The molecule has 0 atom stereocenters. The zero-order valence-electron chi connectivity index (χ0n) is 16.1. The second-order valence-corrected chi connectivity index (χ2v) is 7.09. The molecular weight excluding hydrogens is 338 g/mol. The van der Waals surface area contributed by atoms with Gasteiger partial charge in [-0.1, -0.05) is 6.07 Å². The second kappa shape index (κ2) is 8.16. The summed E-state index contributed by atoms with van der Waals surface area (Å²) >= 11 is 0. The summed E-state index contributed by atoms with van der Waals surface area (Å²) in [6.07, 6.45) is 5.07. The number of aryl methyl sites for hydroxylation is 3. The van der Waals surface area contributed by atoms with E-state index in [2.05, 4.69) is 16.0 Å². The third-order valence-corrected chi connectivity index (χ3v) is 4.91. The summed E-state index contributed by atoms with van der Waals surface area (Å²) in [4.78, 5) is 33.5. The third kappa shape index (κ3) is 4.61. The van der Waals surface area contributed by atoms with E-state index in [0.717, 1.165) is 34.0 Å². The Hall–Kier alpha value is -2.95. The number of likely N-dealkylation sites (N-methyl/N-ethyl adjacent to an activating group) is 1. The first kappa shape index (κ1) is 18.8. The fraction of sp³-hybridized carbons (Fsp3) is 0.318. The number of hydrogen-bond donors (Lipinski definition) is 1. The predicted molar refractivity (Wildman–Crippen MR) is 108 cm³/mol.